The fourth-order valence-corrected chi connectivity index (χ4v) is 4.23. The van der Waals surface area contributed by atoms with Crippen molar-refractivity contribution in [2.45, 2.75) is 83.0 Å². The number of aromatic hydroxyl groups is 1. The molecule has 2 rings (SSSR count). The van der Waals surface area contributed by atoms with E-state index >= 15 is 0 Å². The number of carboxylic acid groups (broad SMARTS) is 1. The van der Waals surface area contributed by atoms with Gasteiger partial charge in [-0.3, -0.25) is 14.4 Å². The van der Waals surface area contributed by atoms with Crippen LogP contribution in [0.2, 0.25) is 0 Å². The fourth-order valence-electron chi connectivity index (χ4n) is 4.23. The van der Waals surface area contributed by atoms with E-state index in [1.165, 1.54) is 12.1 Å². The van der Waals surface area contributed by atoms with Crippen molar-refractivity contribution in [2.24, 2.45) is 11.7 Å². The number of nitrogens with one attached hydrogen (secondary N) is 4. The second-order valence-corrected chi connectivity index (χ2v) is 9.64. The number of carbonyl (C=O) groups is 4. The van der Waals surface area contributed by atoms with Crippen LogP contribution in [-0.4, -0.2) is 71.2 Å². The number of carbonyl (C=O) groups excluding carboxylic acids is 3. The number of phenolic OH excluding ortho intramolecular Hbond substituents is 1. The molecule has 0 aliphatic carbocycles. The molecular formula is C26H41N5O6. The Morgan fingerprint density at radius 2 is 1.76 bits per heavy atom. The lowest BCUT2D eigenvalue weighted by molar-refractivity contribution is -0.143. The first-order valence-electron chi connectivity index (χ1n) is 13.0. The van der Waals surface area contributed by atoms with E-state index in [0.717, 1.165) is 13.0 Å². The van der Waals surface area contributed by atoms with E-state index in [0.29, 0.717) is 37.8 Å². The number of carboxylic acids is 1. The van der Waals surface area contributed by atoms with Gasteiger partial charge in [0.25, 0.3) is 0 Å². The fraction of sp³-hybridized carbons (Fsp3) is 0.615. The Morgan fingerprint density at radius 3 is 2.32 bits per heavy atom. The summed E-state index contributed by atoms with van der Waals surface area (Å²) in [6.07, 6.45) is 3.65. The highest BCUT2D eigenvalue weighted by Gasteiger charge is 2.33. The zero-order valence-corrected chi connectivity index (χ0v) is 21.7. The summed E-state index contributed by atoms with van der Waals surface area (Å²) < 4.78 is 0. The largest absolute Gasteiger partial charge is 0.508 e. The molecule has 3 amide bonds. The van der Waals surface area contributed by atoms with E-state index in [1.54, 1.807) is 19.1 Å². The van der Waals surface area contributed by atoms with Crippen molar-refractivity contribution in [1.29, 1.82) is 0 Å². The van der Waals surface area contributed by atoms with Crippen molar-refractivity contribution >= 4 is 23.7 Å². The quantitative estimate of drug-likeness (QED) is 0.162. The SMILES string of the molecule is CC[C@H](C)[C@H](NC(=O)[C@H](Cc1ccc(O)cc1)NC(=O)[C@@H]1CCCN1)C(=O)N[C@@H](CCCCN)C(=O)O. The molecule has 206 valence electrons. The van der Waals surface area contributed by atoms with Gasteiger partial charge in [-0.05, 0) is 68.8 Å². The van der Waals surface area contributed by atoms with Gasteiger partial charge in [0.1, 0.15) is 23.9 Å². The molecular weight excluding hydrogens is 478 g/mol. The van der Waals surface area contributed by atoms with Crippen molar-refractivity contribution in [3.05, 3.63) is 29.8 Å². The minimum absolute atomic E-state index is 0.0805. The second kappa shape index (κ2) is 15.2. The smallest absolute Gasteiger partial charge is 0.326 e. The normalized spacial score (nSPS) is 18.3. The monoisotopic (exact) mass is 519 g/mol. The Kier molecular flexibility index (Phi) is 12.3. The third kappa shape index (κ3) is 9.66. The van der Waals surface area contributed by atoms with Gasteiger partial charge >= 0.3 is 5.97 Å². The number of hydrogen-bond donors (Lipinski definition) is 7. The molecule has 37 heavy (non-hydrogen) atoms. The van der Waals surface area contributed by atoms with Gasteiger partial charge in [0.15, 0.2) is 0 Å². The Balaban J connectivity index is 2.18. The summed E-state index contributed by atoms with van der Waals surface area (Å²) in [6, 6.07) is 2.86. The first-order valence-corrected chi connectivity index (χ1v) is 13.0. The summed E-state index contributed by atoms with van der Waals surface area (Å²) in [5, 5.41) is 30.4. The van der Waals surface area contributed by atoms with Gasteiger partial charge in [-0.25, -0.2) is 4.79 Å². The highest BCUT2D eigenvalue weighted by atomic mass is 16.4. The summed E-state index contributed by atoms with van der Waals surface area (Å²) >= 11 is 0. The van der Waals surface area contributed by atoms with Crippen LogP contribution in [0.25, 0.3) is 0 Å². The standard InChI is InChI=1S/C26H41N5O6/c1-3-16(2)22(25(35)29-20(26(36)37)7-4-5-13-27)31-24(34)21(15-17-9-11-18(32)12-10-17)30-23(33)19-8-6-14-28-19/h9-12,16,19-22,28,32H,3-8,13-15,27H2,1-2H3,(H,29,35)(H,30,33)(H,31,34)(H,36,37)/t16-,19-,20-,21-,22-/m0/s1. The predicted octanol–water partition coefficient (Wildman–Crippen LogP) is 0.401. The van der Waals surface area contributed by atoms with Crippen molar-refractivity contribution in [3.63, 3.8) is 0 Å². The average Bonchev–Trinajstić information content (AvgIpc) is 3.42. The van der Waals surface area contributed by atoms with Crippen LogP contribution in [0.3, 0.4) is 0 Å². The molecule has 0 radical (unpaired) electrons. The molecule has 11 nitrogen and oxygen atoms in total. The van der Waals surface area contributed by atoms with Gasteiger partial charge in [0, 0.05) is 6.42 Å². The molecule has 0 aromatic heterocycles. The van der Waals surface area contributed by atoms with Crippen molar-refractivity contribution in [1.82, 2.24) is 21.3 Å². The van der Waals surface area contributed by atoms with Gasteiger partial charge in [-0.15, -0.1) is 0 Å². The summed E-state index contributed by atoms with van der Waals surface area (Å²) in [5.41, 5.74) is 6.21. The van der Waals surface area contributed by atoms with Crippen LogP contribution in [0.15, 0.2) is 24.3 Å². The molecule has 0 saturated carbocycles. The molecule has 1 saturated heterocycles. The minimum Gasteiger partial charge on any atom is -0.508 e. The van der Waals surface area contributed by atoms with Gasteiger partial charge < -0.3 is 37.2 Å². The van der Waals surface area contributed by atoms with E-state index in [4.69, 9.17) is 5.73 Å². The number of nitrogens with two attached hydrogens (primary N) is 1. The van der Waals surface area contributed by atoms with E-state index < -0.39 is 42.0 Å². The first kappa shape index (κ1) is 30.0. The molecule has 1 heterocycles. The number of rotatable bonds is 15. The first-order chi connectivity index (χ1) is 17.7. The summed E-state index contributed by atoms with van der Waals surface area (Å²) in [7, 11) is 0. The Bertz CT molecular complexity index is 903. The lowest BCUT2D eigenvalue weighted by Gasteiger charge is -2.28. The molecule has 1 fully saturated rings. The molecule has 1 aliphatic rings. The molecule has 0 spiro atoms. The van der Waals surface area contributed by atoms with Crippen LogP contribution in [0.4, 0.5) is 0 Å². The zero-order valence-electron chi connectivity index (χ0n) is 21.7. The average molecular weight is 520 g/mol. The predicted molar refractivity (Wildman–Crippen MR) is 139 cm³/mol. The van der Waals surface area contributed by atoms with Gasteiger partial charge in [0.05, 0.1) is 6.04 Å². The Labute approximate surface area is 217 Å². The molecule has 1 aliphatic heterocycles. The Morgan fingerprint density at radius 1 is 1.05 bits per heavy atom. The molecule has 8 N–H and O–H groups in total. The summed E-state index contributed by atoms with van der Waals surface area (Å²) in [4.78, 5) is 51.1. The van der Waals surface area contributed by atoms with Crippen molar-refractivity contribution in [2.75, 3.05) is 13.1 Å². The van der Waals surface area contributed by atoms with E-state index in [2.05, 4.69) is 21.3 Å². The molecule has 1 aromatic carbocycles. The molecule has 0 bridgehead atoms. The van der Waals surface area contributed by atoms with Crippen molar-refractivity contribution < 1.29 is 29.4 Å². The summed E-state index contributed by atoms with van der Waals surface area (Å²) in [5.74, 6) is -2.79. The topological polar surface area (TPSA) is 183 Å². The van der Waals surface area contributed by atoms with Crippen LogP contribution >= 0.6 is 0 Å². The number of aliphatic carboxylic acids is 1. The summed E-state index contributed by atoms with van der Waals surface area (Å²) in [6.45, 7) is 4.81. The van der Waals surface area contributed by atoms with Gasteiger partial charge in [-0.1, -0.05) is 32.4 Å². The van der Waals surface area contributed by atoms with Crippen LogP contribution in [0.5, 0.6) is 5.75 Å². The van der Waals surface area contributed by atoms with Gasteiger partial charge in [0.2, 0.25) is 17.7 Å². The van der Waals surface area contributed by atoms with Crippen LogP contribution in [0.1, 0.15) is 57.9 Å². The lowest BCUT2D eigenvalue weighted by Crippen LogP contribution is -2.59. The molecule has 5 atom stereocenters. The maximum Gasteiger partial charge on any atom is 0.326 e. The third-order valence-corrected chi connectivity index (χ3v) is 6.74. The van der Waals surface area contributed by atoms with Gasteiger partial charge in [-0.2, -0.15) is 0 Å². The number of unbranched alkanes of at least 4 members (excludes halogenated alkanes) is 1. The highest BCUT2D eigenvalue weighted by Crippen LogP contribution is 2.14. The number of amides is 3. The Hall–Kier alpha value is -3.18. The number of phenols is 1. The van der Waals surface area contributed by atoms with Crippen LogP contribution in [0, 0.1) is 5.92 Å². The van der Waals surface area contributed by atoms with Crippen molar-refractivity contribution in [3.8, 4) is 5.75 Å². The highest BCUT2D eigenvalue weighted by molar-refractivity contribution is 5.94. The number of hydrogen-bond acceptors (Lipinski definition) is 7. The molecule has 0 unspecified atom stereocenters. The zero-order chi connectivity index (χ0) is 27.4. The van der Waals surface area contributed by atoms with E-state index in [1.807, 2.05) is 6.92 Å². The molecule has 1 aromatic rings. The van der Waals surface area contributed by atoms with Crippen LogP contribution < -0.4 is 27.0 Å². The third-order valence-electron chi connectivity index (χ3n) is 6.74. The lowest BCUT2D eigenvalue weighted by atomic mass is 9.96. The maximum atomic E-state index is 13.4. The second-order valence-electron chi connectivity index (χ2n) is 9.64. The minimum atomic E-state index is -1.15. The van der Waals surface area contributed by atoms with Crippen LogP contribution in [-0.2, 0) is 25.6 Å². The maximum absolute atomic E-state index is 13.4. The molecule has 11 heteroatoms. The van der Waals surface area contributed by atoms with E-state index in [9.17, 15) is 29.4 Å². The van der Waals surface area contributed by atoms with E-state index in [-0.39, 0.29) is 30.4 Å². The number of benzene rings is 1.